The van der Waals surface area contributed by atoms with E-state index < -0.39 is 0 Å². The fourth-order valence-corrected chi connectivity index (χ4v) is 0.744. The summed E-state index contributed by atoms with van der Waals surface area (Å²) in [6.07, 6.45) is 2.34. The monoisotopic (exact) mass is 147 g/mol. The van der Waals surface area contributed by atoms with Gasteiger partial charge in [-0.15, -0.1) is 0 Å². The molecular formula is C8H21NO. The van der Waals surface area contributed by atoms with Crippen LogP contribution < -0.4 is 5.73 Å². The highest BCUT2D eigenvalue weighted by Crippen LogP contribution is 2.20. The van der Waals surface area contributed by atoms with Gasteiger partial charge < -0.3 is 11.2 Å². The molecule has 0 fully saturated rings. The molecule has 64 valence electrons. The summed E-state index contributed by atoms with van der Waals surface area (Å²) < 4.78 is 0. The minimum atomic E-state index is 0. The summed E-state index contributed by atoms with van der Waals surface area (Å²) in [6.45, 7) is 8.74. The molecule has 0 aliphatic carbocycles. The Bertz CT molecular complexity index is 75.8. The molecule has 2 nitrogen and oxygen atoms in total. The lowest BCUT2D eigenvalue weighted by molar-refractivity contribution is 0.304. The Morgan fingerprint density at radius 1 is 1.30 bits per heavy atom. The van der Waals surface area contributed by atoms with Crippen molar-refractivity contribution in [3.05, 3.63) is 0 Å². The van der Waals surface area contributed by atoms with Crippen molar-refractivity contribution >= 4 is 0 Å². The first-order valence-corrected chi connectivity index (χ1v) is 3.74. The van der Waals surface area contributed by atoms with E-state index in [1.54, 1.807) is 0 Å². The van der Waals surface area contributed by atoms with Crippen LogP contribution in [0.2, 0.25) is 0 Å². The Kier molecular flexibility index (Phi) is 5.90. The average molecular weight is 147 g/mol. The summed E-state index contributed by atoms with van der Waals surface area (Å²) in [5.41, 5.74) is 6.15. The van der Waals surface area contributed by atoms with Gasteiger partial charge >= 0.3 is 0 Å². The molecule has 1 unspecified atom stereocenters. The molecule has 0 aromatic rings. The Hall–Kier alpha value is -0.0800. The van der Waals surface area contributed by atoms with Gasteiger partial charge in [-0.2, -0.15) is 0 Å². The van der Waals surface area contributed by atoms with Gasteiger partial charge in [-0.25, -0.2) is 0 Å². The van der Waals surface area contributed by atoms with Crippen LogP contribution in [0.15, 0.2) is 0 Å². The first kappa shape index (κ1) is 12.6. The quantitative estimate of drug-likeness (QED) is 0.629. The van der Waals surface area contributed by atoms with E-state index in [1.807, 2.05) is 0 Å². The van der Waals surface area contributed by atoms with Gasteiger partial charge in [-0.1, -0.05) is 34.1 Å². The molecule has 0 saturated heterocycles. The highest BCUT2D eigenvalue weighted by Gasteiger charge is 2.18. The van der Waals surface area contributed by atoms with Gasteiger partial charge in [-0.05, 0) is 11.8 Å². The van der Waals surface area contributed by atoms with E-state index in [9.17, 15) is 0 Å². The number of hydrogen-bond acceptors (Lipinski definition) is 1. The van der Waals surface area contributed by atoms with Gasteiger partial charge in [0.25, 0.3) is 0 Å². The summed E-state index contributed by atoms with van der Waals surface area (Å²) >= 11 is 0. The van der Waals surface area contributed by atoms with Crippen molar-refractivity contribution in [3.63, 3.8) is 0 Å². The number of nitrogens with two attached hydrogens (primary N) is 1. The van der Waals surface area contributed by atoms with E-state index in [0.717, 1.165) is 6.42 Å². The molecule has 0 heterocycles. The predicted molar refractivity (Wildman–Crippen MR) is 46.0 cm³/mol. The van der Waals surface area contributed by atoms with Crippen LogP contribution >= 0.6 is 0 Å². The minimum absolute atomic E-state index is 0. The third kappa shape index (κ3) is 4.77. The molecular weight excluding hydrogens is 126 g/mol. The van der Waals surface area contributed by atoms with E-state index >= 15 is 0 Å². The van der Waals surface area contributed by atoms with Gasteiger partial charge in [0.15, 0.2) is 0 Å². The highest BCUT2D eigenvalue weighted by molar-refractivity contribution is 4.75. The van der Waals surface area contributed by atoms with E-state index in [2.05, 4.69) is 27.7 Å². The summed E-state index contributed by atoms with van der Waals surface area (Å²) in [7, 11) is 0. The summed E-state index contributed by atoms with van der Waals surface area (Å²) in [5, 5.41) is 0. The SMILES string of the molecule is CCCC(N)C(C)(C)C.O. The van der Waals surface area contributed by atoms with Crippen LogP contribution in [0.3, 0.4) is 0 Å². The molecule has 10 heavy (non-hydrogen) atoms. The van der Waals surface area contributed by atoms with Crippen molar-refractivity contribution in [1.29, 1.82) is 0 Å². The Labute approximate surface area is 64.1 Å². The van der Waals surface area contributed by atoms with Crippen LogP contribution in [-0.4, -0.2) is 11.5 Å². The first-order chi connectivity index (χ1) is 3.98. The van der Waals surface area contributed by atoms with E-state index in [4.69, 9.17) is 5.73 Å². The molecule has 0 aromatic heterocycles. The number of hydrogen-bond donors (Lipinski definition) is 1. The van der Waals surface area contributed by atoms with Gasteiger partial charge in [0.05, 0.1) is 0 Å². The van der Waals surface area contributed by atoms with Crippen LogP contribution in [0, 0.1) is 5.41 Å². The Morgan fingerprint density at radius 2 is 1.70 bits per heavy atom. The van der Waals surface area contributed by atoms with Gasteiger partial charge in [0.1, 0.15) is 0 Å². The van der Waals surface area contributed by atoms with Crippen molar-refractivity contribution in [2.24, 2.45) is 11.1 Å². The fraction of sp³-hybridized carbons (Fsp3) is 1.00. The second kappa shape index (κ2) is 4.69. The zero-order valence-corrected chi connectivity index (χ0v) is 7.57. The maximum absolute atomic E-state index is 5.86. The summed E-state index contributed by atoms with van der Waals surface area (Å²) in [5.74, 6) is 0. The third-order valence-corrected chi connectivity index (χ3v) is 1.71. The molecule has 0 amide bonds. The second-order valence-corrected chi connectivity index (χ2v) is 3.76. The standard InChI is InChI=1S/C8H19N.H2O/c1-5-6-7(9)8(2,3)4;/h7H,5-6,9H2,1-4H3;1H2. The largest absolute Gasteiger partial charge is 0.412 e. The first-order valence-electron chi connectivity index (χ1n) is 3.74. The lowest BCUT2D eigenvalue weighted by Gasteiger charge is -2.26. The average Bonchev–Trinajstić information content (AvgIpc) is 1.64. The molecule has 0 aliphatic rings. The lowest BCUT2D eigenvalue weighted by Crippen LogP contribution is -2.34. The molecule has 0 rings (SSSR count). The van der Waals surface area contributed by atoms with Crippen molar-refractivity contribution in [1.82, 2.24) is 0 Å². The lowest BCUT2D eigenvalue weighted by atomic mass is 9.85. The zero-order valence-electron chi connectivity index (χ0n) is 7.57. The van der Waals surface area contributed by atoms with Gasteiger partial charge in [-0.3, -0.25) is 0 Å². The Morgan fingerprint density at radius 3 is 1.80 bits per heavy atom. The topological polar surface area (TPSA) is 57.5 Å². The molecule has 2 heteroatoms. The van der Waals surface area contributed by atoms with Crippen molar-refractivity contribution in [2.75, 3.05) is 0 Å². The minimum Gasteiger partial charge on any atom is -0.412 e. The van der Waals surface area contributed by atoms with Gasteiger partial charge in [0, 0.05) is 6.04 Å². The van der Waals surface area contributed by atoms with Gasteiger partial charge in [0.2, 0.25) is 0 Å². The van der Waals surface area contributed by atoms with Crippen LogP contribution in [0.1, 0.15) is 40.5 Å². The maximum atomic E-state index is 5.86. The predicted octanol–water partition coefficient (Wildman–Crippen LogP) is 1.34. The van der Waals surface area contributed by atoms with Crippen molar-refractivity contribution in [3.8, 4) is 0 Å². The van der Waals surface area contributed by atoms with E-state index in [1.165, 1.54) is 6.42 Å². The molecule has 0 bridgehead atoms. The molecule has 0 radical (unpaired) electrons. The number of rotatable bonds is 2. The Balaban J connectivity index is 0. The molecule has 0 aliphatic heterocycles. The van der Waals surface area contributed by atoms with Crippen LogP contribution in [-0.2, 0) is 0 Å². The third-order valence-electron chi connectivity index (χ3n) is 1.71. The van der Waals surface area contributed by atoms with Crippen molar-refractivity contribution < 1.29 is 5.48 Å². The molecule has 1 atom stereocenters. The van der Waals surface area contributed by atoms with Crippen LogP contribution in [0.25, 0.3) is 0 Å². The van der Waals surface area contributed by atoms with E-state index in [-0.39, 0.29) is 10.9 Å². The van der Waals surface area contributed by atoms with Crippen molar-refractivity contribution in [2.45, 2.75) is 46.6 Å². The second-order valence-electron chi connectivity index (χ2n) is 3.76. The molecule has 0 spiro atoms. The molecule has 0 saturated carbocycles. The smallest absolute Gasteiger partial charge is 0.00875 e. The van der Waals surface area contributed by atoms with Crippen LogP contribution in [0.4, 0.5) is 0 Å². The molecule has 4 N–H and O–H groups in total. The highest BCUT2D eigenvalue weighted by atomic mass is 16.0. The normalized spacial score (nSPS) is 14.1. The molecule has 0 aromatic carbocycles. The summed E-state index contributed by atoms with van der Waals surface area (Å²) in [4.78, 5) is 0. The summed E-state index contributed by atoms with van der Waals surface area (Å²) in [6, 6.07) is 0.363. The zero-order chi connectivity index (χ0) is 7.49. The van der Waals surface area contributed by atoms with Crippen LogP contribution in [0.5, 0.6) is 0 Å². The maximum Gasteiger partial charge on any atom is 0.00875 e. The fourth-order valence-electron chi connectivity index (χ4n) is 0.744. The van der Waals surface area contributed by atoms with E-state index in [0.29, 0.717) is 6.04 Å².